The van der Waals surface area contributed by atoms with Crippen molar-refractivity contribution in [2.24, 2.45) is 0 Å². The minimum absolute atomic E-state index is 0.0723. The molecule has 0 aliphatic carbocycles. The van der Waals surface area contributed by atoms with Gasteiger partial charge in [-0.05, 0) is 36.2 Å². The zero-order valence-electron chi connectivity index (χ0n) is 15.7. The third-order valence-corrected chi connectivity index (χ3v) is 9.41. The maximum Gasteiger partial charge on any atom is 0.245 e. The van der Waals surface area contributed by atoms with Crippen LogP contribution < -0.4 is 5.48 Å². The first-order valence-corrected chi connectivity index (χ1v) is 11.8. The van der Waals surface area contributed by atoms with E-state index in [0.29, 0.717) is 9.90 Å². The van der Waals surface area contributed by atoms with E-state index >= 15 is 0 Å². The highest BCUT2D eigenvalue weighted by atomic mass is 35.5. The van der Waals surface area contributed by atoms with Crippen LogP contribution in [0, 0.1) is 0 Å². The summed E-state index contributed by atoms with van der Waals surface area (Å²) in [5.41, 5.74) is 2.43. The minimum atomic E-state index is -3.80. The van der Waals surface area contributed by atoms with E-state index in [9.17, 15) is 18.0 Å². The molecule has 1 aliphatic heterocycles. The van der Waals surface area contributed by atoms with E-state index in [1.165, 1.54) is 23.2 Å². The Bertz CT molecular complexity index is 1020. The van der Waals surface area contributed by atoms with Crippen molar-refractivity contribution in [1.82, 2.24) is 10.4 Å². The molecule has 3 rings (SSSR count). The van der Waals surface area contributed by atoms with Gasteiger partial charge in [0.1, 0.15) is 4.75 Å². The molecule has 156 valence electrons. The highest BCUT2D eigenvalue weighted by Gasteiger charge is 2.49. The third kappa shape index (κ3) is 4.32. The summed E-state index contributed by atoms with van der Waals surface area (Å²) in [4.78, 5) is 26.7. The van der Waals surface area contributed by atoms with Gasteiger partial charge in [-0.25, -0.2) is 13.9 Å². The quantitative estimate of drug-likeness (QED) is 0.543. The first-order chi connectivity index (χ1) is 13.7. The molecule has 2 heterocycles. The number of hydroxylamine groups is 1. The summed E-state index contributed by atoms with van der Waals surface area (Å²) in [5.74, 6) is -1.25. The van der Waals surface area contributed by atoms with Crippen molar-refractivity contribution in [2.75, 3.05) is 18.8 Å². The fourth-order valence-corrected chi connectivity index (χ4v) is 7.27. The summed E-state index contributed by atoms with van der Waals surface area (Å²) in [6.45, 7) is 1.68. The van der Waals surface area contributed by atoms with Gasteiger partial charge in [0, 0.05) is 34.8 Å². The van der Waals surface area contributed by atoms with E-state index in [4.69, 9.17) is 16.8 Å². The maximum absolute atomic E-state index is 13.3. The van der Waals surface area contributed by atoms with Gasteiger partial charge in [-0.2, -0.15) is 0 Å². The monoisotopic (exact) mass is 456 g/mol. The lowest BCUT2D eigenvalue weighted by Gasteiger charge is -2.30. The van der Waals surface area contributed by atoms with Crippen LogP contribution in [0.3, 0.4) is 0 Å². The zero-order valence-corrected chi connectivity index (χ0v) is 18.1. The lowest BCUT2D eigenvalue weighted by atomic mass is 9.97. The molecule has 29 heavy (non-hydrogen) atoms. The first kappa shape index (κ1) is 21.8. The average molecular weight is 457 g/mol. The van der Waals surface area contributed by atoms with Crippen molar-refractivity contribution in [2.45, 2.75) is 24.5 Å². The summed E-state index contributed by atoms with van der Waals surface area (Å²) < 4.78 is 25.1. The predicted molar refractivity (Wildman–Crippen MR) is 112 cm³/mol. The number of carbonyl (C=O) groups is 2. The van der Waals surface area contributed by atoms with Crippen LogP contribution in [0.15, 0.2) is 36.4 Å². The summed E-state index contributed by atoms with van der Waals surface area (Å²) in [6, 6.07) is 10.7. The van der Waals surface area contributed by atoms with Gasteiger partial charge < -0.3 is 4.90 Å². The highest BCUT2D eigenvalue weighted by Crippen LogP contribution is 2.45. The Morgan fingerprint density at radius 1 is 1.21 bits per heavy atom. The summed E-state index contributed by atoms with van der Waals surface area (Å²) in [7, 11) is -3.80. The van der Waals surface area contributed by atoms with Gasteiger partial charge in [-0.3, -0.25) is 14.8 Å². The SMILES string of the molecule is CC(=O)N1CCC(CC(=O)NO)(c2ccc(-c3ccc(Cl)cc3)s2)S(=O)(=O)CC1. The number of hydrogen-bond donors (Lipinski definition) is 2. The topological polar surface area (TPSA) is 104 Å². The molecule has 2 aromatic rings. The Morgan fingerprint density at radius 3 is 2.52 bits per heavy atom. The Balaban J connectivity index is 2.08. The van der Waals surface area contributed by atoms with E-state index in [0.717, 1.165) is 10.4 Å². The molecule has 1 aromatic carbocycles. The Morgan fingerprint density at radius 2 is 1.90 bits per heavy atom. The molecule has 0 bridgehead atoms. The van der Waals surface area contributed by atoms with Crippen LogP contribution in [0.4, 0.5) is 0 Å². The van der Waals surface area contributed by atoms with Gasteiger partial charge in [0.05, 0.1) is 12.2 Å². The van der Waals surface area contributed by atoms with E-state index in [2.05, 4.69) is 0 Å². The number of thiophene rings is 1. The molecular formula is C19H21ClN2O5S2. The van der Waals surface area contributed by atoms with E-state index in [-0.39, 0.29) is 31.2 Å². The Labute approximate surface area is 178 Å². The molecule has 0 radical (unpaired) electrons. The standard InChI is InChI=1S/C19H21ClN2O5S2/c1-13(23)22-9-8-19(12-18(24)21-25,29(26,27)11-10-22)17-7-6-16(28-17)14-2-4-15(20)5-3-14/h2-7,25H,8-12H2,1H3,(H,21,24). The predicted octanol–water partition coefficient (Wildman–Crippen LogP) is 2.83. The molecule has 0 spiro atoms. The second-order valence-electron chi connectivity index (χ2n) is 6.95. The van der Waals surface area contributed by atoms with Crippen molar-refractivity contribution < 1.29 is 23.2 Å². The molecule has 2 amide bonds. The van der Waals surface area contributed by atoms with E-state index in [1.807, 2.05) is 18.2 Å². The molecule has 1 aliphatic rings. The second-order valence-corrected chi connectivity index (χ2v) is 10.9. The van der Waals surface area contributed by atoms with E-state index < -0.39 is 26.9 Å². The number of rotatable bonds is 4. The van der Waals surface area contributed by atoms with Crippen molar-refractivity contribution in [1.29, 1.82) is 0 Å². The van der Waals surface area contributed by atoms with Crippen LogP contribution in [-0.2, 0) is 24.2 Å². The van der Waals surface area contributed by atoms with Crippen LogP contribution in [0.25, 0.3) is 10.4 Å². The number of nitrogens with one attached hydrogen (secondary N) is 1. The fraction of sp³-hybridized carbons (Fsp3) is 0.368. The molecular weight excluding hydrogens is 436 g/mol. The number of halogens is 1. The van der Waals surface area contributed by atoms with Crippen LogP contribution >= 0.6 is 22.9 Å². The third-order valence-electron chi connectivity index (χ3n) is 5.21. The van der Waals surface area contributed by atoms with Crippen LogP contribution in [-0.4, -0.2) is 49.2 Å². The van der Waals surface area contributed by atoms with Crippen molar-refractivity contribution >= 4 is 44.6 Å². The molecule has 1 unspecified atom stereocenters. The molecule has 2 N–H and O–H groups in total. The molecule has 7 nitrogen and oxygen atoms in total. The lowest BCUT2D eigenvalue weighted by molar-refractivity contribution is -0.130. The van der Waals surface area contributed by atoms with Gasteiger partial charge in [-0.1, -0.05) is 23.7 Å². The number of carbonyl (C=O) groups excluding carboxylic acids is 2. The molecule has 0 saturated carbocycles. The number of nitrogens with zero attached hydrogens (tertiary/aromatic N) is 1. The normalized spacial score (nSPS) is 21.4. The molecule has 1 aromatic heterocycles. The minimum Gasteiger partial charge on any atom is -0.342 e. The van der Waals surface area contributed by atoms with Gasteiger partial charge in [0.15, 0.2) is 9.84 Å². The number of benzene rings is 1. The van der Waals surface area contributed by atoms with Crippen molar-refractivity contribution in [3.63, 3.8) is 0 Å². The molecule has 10 heteroatoms. The van der Waals surface area contributed by atoms with Gasteiger partial charge >= 0.3 is 0 Å². The van der Waals surface area contributed by atoms with Gasteiger partial charge in [0.25, 0.3) is 0 Å². The smallest absolute Gasteiger partial charge is 0.245 e. The average Bonchev–Trinajstić information content (AvgIpc) is 3.12. The van der Waals surface area contributed by atoms with Crippen molar-refractivity contribution in [3.8, 4) is 10.4 Å². The highest BCUT2D eigenvalue weighted by molar-refractivity contribution is 7.92. The maximum atomic E-state index is 13.3. The number of sulfone groups is 1. The lowest BCUT2D eigenvalue weighted by Crippen LogP contribution is -2.41. The fourth-order valence-electron chi connectivity index (χ4n) is 3.54. The molecule has 1 saturated heterocycles. The Hall–Kier alpha value is -1.94. The first-order valence-electron chi connectivity index (χ1n) is 8.95. The van der Waals surface area contributed by atoms with Crippen molar-refractivity contribution in [3.05, 3.63) is 46.3 Å². The van der Waals surface area contributed by atoms with Crippen LogP contribution in [0.1, 0.15) is 24.6 Å². The molecule has 1 fully saturated rings. The second kappa shape index (κ2) is 8.43. The zero-order chi connectivity index (χ0) is 21.2. The van der Waals surface area contributed by atoms with Gasteiger partial charge in [-0.15, -0.1) is 11.3 Å². The van der Waals surface area contributed by atoms with Gasteiger partial charge in [0.2, 0.25) is 11.8 Å². The summed E-state index contributed by atoms with van der Waals surface area (Å²) in [6.07, 6.45) is -0.346. The Kier molecular flexibility index (Phi) is 6.33. The van der Waals surface area contributed by atoms with E-state index in [1.54, 1.807) is 23.7 Å². The largest absolute Gasteiger partial charge is 0.342 e. The summed E-state index contributed by atoms with van der Waals surface area (Å²) in [5, 5.41) is 9.64. The number of amides is 2. The number of hydrogen-bond acceptors (Lipinski definition) is 6. The van der Waals surface area contributed by atoms with Crippen LogP contribution in [0.2, 0.25) is 5.02 Å². The van der Waals surface area contributed by atoms with Crippen LogP contribution in [0.5, 0.6) is 0 Å². The summed E-state index contributed by atoms with van der Waals surface area (Å²) >= 11 is 7.22. The molecule has 1 atom stereocenters.